The molecule has 112 valence electrons. The molecule has 22 heavy (non-hydrogen) atoms. The van der Waals surface area contributed by atoms with Gasteiger partial charge in [-0.25, -0.2) is 4.98 Å². The molecule has 3 aromatic rings. The standard InChI is InChI=1S/C17H16BrN3O/c1-12(14-6-2-3-7-15(14)18)19-11-13-10-17(22)21-9-5-4-8-16(21)20-13/h2-10,12,19H,11H2,1H3. The number of rotatable bonds is 4. The van der Waals surface area contributed by atoms with Crippen LogP contribution in [0.2, 0.25) is 0 Å². The zero-order valence-corrected chi connectivity index (χ0v) is 13.7. The molecule has 1 atom stereocenters. The number of fused-ring (bicyclic) bond motifs is 1. The van der Waals surface area contributed by atoms with Gasteiger partial charge in [0.2, 0.25) is 0 Å². The van der Waals surface area contributed by atoms with Gasteiger partial charge < -0.3 is 5.32 Å². The van der Waals surface area contributed by atoms with Crippen LogP contribution >= 0.6 is 15.9 Å². The Bertz CT molecular complexity index is 860. The molecule has 0 saturated heterocycles. The van der Waals surface area contributed by atoms with E-state index >= 15 is 0 Å². The Balaban J connectivity index is 1.79. The molecule has 0 aliphatic carbocycles. The summed E-state index contributed by atoms with van der Waals surface area (Å²) in [4.78, 5) is 16.6. The van der Waals surface area contributed by atoms with Crippen LogP contribution in [0.15, 0.2) is 64.0 Å². The van der Waals surface area contributed by atoms with Crippen LogP contribution in [-0.2, 0) is 6.54 Å². The summed E-state index contributed by atoms with van der Waals surface area (Å²) < 4.78 is 2.61. The van der Waals surface area contributed by atoms with Crippen molar-refractivity contribution >= 4 is 21.6 Å². The number of pyridine rings is 1. The third kappa shape index (κ3) is 3.10. The first-order chi connectivity index (χ1) is 10.6. The normalized spacial score (nSPS) is 12.5. The van der Waals surface area contributed by atoms with E-state index in [4.69, 9.17) is 0 Å². The minimum Gasteiger partial charge on any atom is -0.305 e. The summed E-state index contributed by atoms with van der Waals surface area (Å²) >= 11 is 3.56. The van der Waals surface area contributed by atoms with Crippen molar-refractivity contribution in [3.8, 4) is 0 Å². The highest BCUT2D eigenvalue weighted by atomic mass is 79.9. The Labute approximate surface area is 137 Å². The Morgan fingerprint density at radius 2 is 2.00 bits per heavy atom. The smallest absolute Gasteiger partial charge is 0.258 e. The van der Waals surface area contributed by atoms with Gasteiger partial charge in [0.25, 0.3) is 5.56 Å². The number of halogens is 1. The lowest BCUT2D eigenvalue weighted by molar-refractivity contribution is 0.565. The third-order valence-electron chi connectivity index (χ3n) is 3.59. The second kappa shape index (κ2) is 6.42. The first kappa shape index (κ1) is 14.9. The molecular weight excluding hydrogens is 342 g/mol. The lowest BCUT2D eigenvalue weighted by Gasteiger charge is -2.15. The van der Waals surface area contributed by atoms with Gasteiger partial charge in [-0.1, -0.05) is 40.2 Å². The van der Waals surface area contributed by atoms with Crippen LogP contribution in [0, 0.1) is 0 Å². The predicted molar refractivity (Wildman–Crippen MR) is 90.9 cm³/mol. The van der Waals surface area contributed by atoms with Gasteiger partial charge in [-0.05, 0) is 30.7 Å². The van der Waals surface area contributed by atoms with E-state index in [1.807, 2.05) is 36.4 Å². The number of nitrogens with zero attached hydrogens (tertiary/aromatic N) is 2. The minimum absolute atomic E-state index is 0.0593. The summed E-state index contributed by atoms with van der Waals surface area (Å²) in [5.41, 5.74) is 2.53. The monoisotopic (exact) mass is 357 g/mol. The molecule has 0 bridgehead atoms. The number of benzene rings is 1. The fourth-order valence-corrected chi connectivity index (χ4v) is 3.02. The molecule has 0 radical (unpaired) electrons. The van der Waals surface area contributed by atoms with Crippen LogP contribution < -0.4 is 10.9 Å². The minimum atomic E-state index is -0.0593. The van der Waals surface area contributed by atoms with Crippen molar-refractivity contribution in [3.05, 3.63) is 80.8 Å². The molecule has 5 heteroatoms. The van der Waals surface area contributed by atoms with E-state index in [2.05, 4.69) is 39.2 Å². The quantitative estimate of drug-likeness (QED) is 0.779. The third-order valence-corrected chi connectivity index (χ3v) is 4.31. The molecule has 0 saturated carbocycles. The number of nitrogens with one attached hydrogen (secondary N) is 1. The van der Waals surface area contributed by atoms with Crippen LogP contribution in [0.1, 0.15) is 24.2 Å². The van der Waals surface area contributed by atoms with Crippen LogP contribution in [-0.4, -0.2) is 9.38 Å². The van der Waals surface area contributed by atoms with E-state index in [9.17, 15) is 4.79 Å². The maximum Gasteiger partial charge on any atom is 0.258 e. The van der Waals surface area contributed by atoms with Crippen molar-refractivity contribution in [1.29, 1.82) is 0 Å². The summed E-state index contributed by atoms with van der Waals surface area (Å²) in [7, 11) is 0. The van der Waals surface area contributed by atoms with E-state index in [-0.39, 0.29) is 11.6 Å². The second-order valence-electron chi connectivity index (χ2n) is 5.14. The van der Waals surface area contributed by atoms with Gasteiger partial charge in [-0.2, -0.15) is 0 Å². The highest BCUT2D eigenvalue weighted by molar-refractivity contribution is 9.10. The summed E-state index contributed by atoms with van der Waals surface area (Å²) in [6, 6.07) is 15.4. The predicted octanol–water partition coefficient (Wildman–Crippen LogP) is 3.31. The topological polar surface area (TPSA) is 46.4 Å². The second-order valence-corrected chi connectivity index (χ2v) is 5.99. The maximum atomic E-state index is 12.1. The van der Waals surface area contributed by atoms with Gasteiger partial charge in [0.1, 0.15) is 5.65 Å². The van der Waals surface area contributed by atoms with Crippen LogP contribution in [0.4, 0.5) is 0 Å². The molecule has 0 aliphatic rings. The summed E-state index contributed by atoms with van der Waals surface area (Å²) in [5.74, 6) is 0. The molecule has 0 spiro atoms. The fraction of sp³-hybridized carbons (Fsp3) is 0.176. The van der Waals surface area contributed by atoms with Crippen molar-refractivity contribution < 1.29 is 0 Å². The molecule has 2 heterocycles. The van der Waals surface area contributed by atoms with Gasteiger partial charge in [0.05, 0.1) is 5.69 Å². The first-order valence-corrected chi connectivity index (χ1v) is 7.89. The van der Waals surface area contributed by atoms with Crippen LogP contribution in [0.3, 0.4) is 0 Å². The van der Waals surface area contributed by atoms with E-state index < -0.39 is 0 Å². The van der Waals surface area contributed by atoms with E-state index in [1.165, 1.54) is 5.56 Å². The molecule has 0 fully saturated rings. The average Bonchev–Trinajstić information content (AvgIpc) is 2.53. The lowest BCUT2D eigenvalue weighted by atomic mass is 10.1. The zero-order chi connectivity index (χ0) is 15.5. The van der Waals surface area contributed by atoms with Crippen LogP contribution in [0.5, 0.6) is 0 Å². The summed E-state index contributed by atoms with van der Waals surface area (Å²) in [6.45, 7) is 2.64. The fourth-order valence-electron chi connectivity index (χ4n) is 2.39. The first-order valence-electron chi connectivity index (χ1n) is 7.10. The number of hydrogen-bond acceptors (Lipinski definition) is 3. The van der Waals surface area contributed by atoms with Gasteiger partial charge in [-0.3, -0.25) is 9.20 Å². The molecule has 1 aromatic carbocycles. The molecule has 0 aliphatic heterocycles. The van der Waals surface area contributed by atoms with Crippen molar-refractivity contribution in [2.24, 2.45) is 0 Å². The summed E-state index contributed by atoms with van der Waals surface area (Å²) in [5, 5.41) is 3.41. The molecule has 0 amide bonds. The Morgan fingerprint density at radius 3 is 2.82 bits per heavy atom. The molecule has 3 rings (SSSR count). The molecule has 1 unspecified atom stereocenters. The zero-order valence-electron chi connectivity index (χ0n) is 12.2. The number of hydrogen-bond donors (Lipinski definition) is 1. The highest BCUT2D eigenvalue weighted by Gasteiger charge is 2.09. The Hall–Kier alpha value is -1.98. The van der Waals surface area contributed by atoms with E-state index in [0.29, 0.717) is 12.2 Å². The Morgan fingerprint density at radius 1 is 1.23 bits per heavy atom. The Kier molecular flexibility index (Phi) is 4.36. The lowest BCUT2D eigenvalue weighted by Crippen LogP contribution is -2.22. The molecule has 1 N–H and O–H groups in total. The van der Waals surface area contributed by atoms with Crippen molar-refractivity contribution in [2.45, 2.75) is 19.5 Å². The average molecular weight is 358 g/mol. The van der Waals surface area contributed by atoms with Crippen molar-refractivity contribution in [1.82, 2.24) is 14.7 Å². The van der Waals surface area contributed by atoms with Crippen molar-refractivity contribution in [3.63, 3.8) is 0 Å². The largest absolute Gasteiger partial charge is 0.305 e. The van der Waals surface area contributed by atoms with Gasteiger partial charge in [0.15, 0.2) is 0 Å². The van der Waals surface area contributed by atoms with E-state index in [1.54, 1.807) is 16.7 Å². The molecular formula is C17H16BrN3O. The highest BCUT2D eigenvalue weighted by Crippen LogP contribution is 2.22. The van der Waals surface area contributed by atoms with Crippen LogP contribution in [0.25, 0.3) is 5.65 Å². The summed E-state index contributed by atoms with van der Waals surface area (Å²) in [6.07, 6.45) is 1.73. The van der Waals surface area contributed by atoms with Gasteiger partial charge in [-0.15, -0.1) is 0 Å². The molecule has 2 aromatic heterocycles. The van der Waals surface area contributed by atoms with E-state index in [0.717, 1.165) is 10.2 Å². The van der Waals surface area contributed by atoms with Gasteiger partial charge in [0, 0.05) is 29.3 Å². The maximum absolute atomic E-state index is 12.1. The van der Waals surface area contributed by atoms with Crippen molar-refractivity contribution in [2.75, 3.05) is 0 Å². The SMILES string of the molecule is CC(NCc1cc(=O)n2ccccc2n1)c1ccccc1Br. The number of aromatic nitrogens is 2. The molecule has 4 nitrogen and oxygen atoms in total. The van der Waals surface area contributed by atoms with Gasteiger partial charge >= 0.3 is 0 Å².